The monoisotopic (exact) mass is 940 g/mol. The predicted molar refractivity (Wildman–Crippen MR) is 298 cm³/mol. The lowest BCUT2D eigenvalue weighted by atomic mass is 10.1. The van der Waals surface area contributed by atoms with Crippen LogP contribution in [0, 0.1) is 0 Å². The molecule has 0 saturated carbocycles. The van der Waals surface area contributed by atoms with Crippen molar-refractivity contribution in [3.05, 3.63) is 60.8 Å². The van der Waals surface area contributed by atoms with Gasteiger partial charge in [-0.25, -0.2) is 0 Å². The maximum Gasteiger partial charge on any atom is 0.104 e. The fraction of sp³-hybridized carbons (Fsp3) is 0.839. The number of likely N-dealkylation sites (N-methyl/N-ethyl adjacent to an activating group) is 1. The first-order valence-electron chi connectivity index (χ1n) is 29.4. The highest BCUT2D eigenvalue weighted by Gasteiger charge is 2.15. The van der Waals surface area contributed by atoms with Gasteiger partial charge < -0.3 is 23.8 Å². The van der Waals surface area contributed by atoms with Crippen LogP contribution in [-0.4, -0.2) is 77.4 Å². The van der Waals surface area contributed by atoms with E-state index in [0.717, 1.165) is 58.5 Å². The topological polar surface area (TPSA) is 40.2 Å². The highest BCUT2D eigenvalue weighted by atomic mass is 16.6. The molecule has 5 heteroatoms. The Morgan fingerprint density at radius 1 is 0.299 bits per heavy atom. The summed E-state index contributed by atoms with van der Waals surface area (Å²) in [6, 6.07) is 0. The molecule has 0 aliphatic heterocycles. The Morgan fingerprint density at radius 3 is 0.955 bits per heavy atom. The van der Waals surface area contributed by atoms with Gasteiger partial charge in [-0.3, -0.25) is 0 Å². The predicted octanol–water partition coefficient (Wildman–Crippen LogP) is 19.0. The quantitative estimate of drug-likeness (QED) is 0.0449. The number of ether oxygens (including phenoxy) is 4. The Bertz CT molecular complexity index is 1070. The van der Waals surface area contributed by atoms with E-state index in [0.29, 0.717) is 19.8 Å². The van der Waals surface area contributed by atoms with E-state index in [9.17, 15) is 0 Å². The first-order chi connectivity index (χ1) is 33.1. The van der Waals surface area contributed by atoms with Crippen molar-refractivity contribution in [1.82, 2.24) is 4.90 Å². The molecule has 0 amide bonds. The first kappa shape index (κ1) is 65.5. The van der Waals surface area contributed by atoms with E-state index in [1.807, 2.05) is 0 Å². The summed E-state index contributed by atoms with van der Waals surface area (Å²) in [7, 11) is 4.25. The summed E-state index contributed by atoms with van der Waals surface area (Å²) >= 11 is 0. The van der Waals surface area contributed by atoms with Gasteiger partial charge in [0.1, 0.15) is 6.10 Å². The van der Waals surface area contributed by atoms with Crippen molar-refractivity contribution in [2.24, 2.45) is 0 Å². The average Bonchev–Trinajstić information content (AvgIpc) is 3.32. The fourth-order valence-electron chi connectivity index (χ4n) is 8.38. The summed E-state index contributed by atoms with van der Waals surface area (Å²) in [5, 5.41) is 0. The van der Waals surface area contributed by atoms with Gasteiger partial charge in [0.15, 0.2) is 0 Å². The summed E-state index contributed by atoms with van der Waals surface area (Å²) < 4.78 is 25.4. The van der Waals surface area contributed by atoms with Crippen molar-refractivity contribution in [2.45, 2.75) is 277 Å². The zero-order valence-electron chi connectivity index (χ0n) is 45.8. The molecule has 394 valence electrons. The zero-order chi connectivity index (χ0) is 48.5. The summed E-state index contributed by atoms with van der Waals surface area (Å²) in [5.74, 6) is 0. The molecule has 5 nitrogen and oxygen atoms in total. The normalized spacial score (nSPS) is 13.4. The number of unbranched alkanes of at least 4 members (excludes halogenated alkanes) is 30. The summed E-state index contributed by atoms with van der Waals surface area (Å²) in [6.45, 7) is 11.9. The van der Waals surface area contributed by atoms with Gasteiger partial charge in [0.05, 0.1) is 25.9 Å². The highest BCUT2D eigenvalue weighted by Crippen LogP contribution is 2.14. The second kappa shape index (κ2) is 58.8. The van der Waals surface area contributed by atoms with Gasteiger partial charge in [-0.1, -0.05) is 216 Å². The van der Waals surface area contributed by atoms with E-state index in [-0.39, 0.29) is 12.2 Å². The molecule has 2 unspecified atom stereocenters. The standard InChI is InChI=1S/C62H117NO4/c1-6-9-12-15-18-21-24-27-30-33-36-39-42-45-48-51-54-64-59-62(67-56-53-50-47-44-41-38-35-32-29-26-23-20-17-14-11-8-3)60-65-58-61(57-63(4)5)66-55-52-49-46-43-40-37-34-31-28-25-22-19-16-13-10-7-2/h18-23,28-29,31-32,61-62H,6-17,24-27,30,33-60H2,1-5H3/b21-18-,22-19-,23-20-,31-28-,32-29-. The zero-order valence-corrected chi connectivity index (χ0v) is 45.8. The van der Waals surface area contributed by atoms with E-state index in [1.165, 1.54) is 212 Å². The van der Waals surface area contributed by atoms with Gasteiger partial charge in [0.2, 0.25) is 0 Å². The molecule has 0 aromatic rings. The highest BCUT2D eigenvalue weighted by molar-refractivity contribution is 4.93. The molecule has 0 fully saturated rings. The lowest BCUT2D eigenvalue weighted by Gasteiger charge is -2.24. The molecule has 2 atom stereocenters. The van der Waals surface area contributed by atoms with Gasteiger partial charge in [-0.15, -0.1) is 0 Å². The Kier molecular flexibility index (Phi) is 57.5. The van der Waals surface area contributed by atoms with Gasteiger partial charge >= 0.3 is 0 Å². The second-order valence-corrected chi connectivity index (χ2v) is 20.0. The molecule has 0 aromatic heterocycles. The number of hydrogen-bond donors (Lipinski definition) is 0. The molecule has 0 radical (unpaired) electrons. The number of nitrogens with zero attached hydrogens (tertiary/aromatic N) is 1. The SMILES string of the molecule is CCCCC/C=C\C/C=C\CCCCCCCCOC(COCCCCCCCCCCC/C=C\CCCCC)COCC(CN(C)C)OCCCCCCCC/C=C\C/C=C\CCCCC. The molecule has 0 bridgehead atoms. The third-order valence-electron chi connectivity index (χ3n) is 12.7. The molecule has 0 aliphatic rings. The van der Waals surface area contributed by atoms with Crippen LogP contribution >= 0.6 is 0 Å². The van der Waals surface area contributed by atoms with Crippen LogP contribution in [0.2, 0.25) is 0 Å². The van der Waals surface area contributed by atoms with E-state index >= 15 is 0 Å². The summed E-state index contributed by atoms with van der Waals surface area (Å²) in [4.78, 5) is 2.21. The van der Waals surface area contributed by atoms with Crippen LogP contribution in [0.15, 0.2) is 60.8 Å². The Hall–Kier alpha value is -1.50. The smallest absolute Gasteiger partial charge is 0.104 e. The maximum atomic E-state index is 6.43. The lowest BCUT2D eigenvalue weighted by molar-refractivity contribution is -0.0846. The molecule has 0 aliphatic carbocycles. The van der Waals surface area contributed by atoms with Crippen molar-refractivity contribution in [2.75, 3.05) is 60.3 Å². The summed E-state index contributed by atoms with van der Waals surface area (Å²) in [6.07, 6.45) is 72.5. The van der Waals surface area contributed by atoms with Crippen molar-refractivity contribution < 1.29 is 18.9 Å². The van der Waals surface area contributed by atoms with Crippen LogP contribution in [-0.2, 0) is 18.9 Å². The minimum absolute atomic E-state index is 0.0258. The minimum atomic E-state index is -0.0258. The fourth-order valence-corrected chi connectivity index (χ4v) is 8.38. The van der Waals surface area contributed by atoms with E-state index in [2.05, 4.69) is 101 Å². The van der Waals surface area contributed by atoms with Crippen LogP contribution in [0.4, 0.5) is 0 Å². The molecule has 0 spiro atoms. The molecule has 0 aromatic carbocycles. The molecular formula is C62H117NO4. The van der Waals surface area contributed by atoms with Gasteiger partial charge in [0.25, 0.3) is 0 Å². The molecule has 0 heterocycles. The van der Waals surface area contributed by atoms with Crippen LogP contribution in [0.1, 0.15) is 265 Å². The lowest BCUT2D eigenvalue weighted by Crippen LogP contribution is -2.34. The number of allylic oxidation sites excluding steroid dienone is 10. The molecule has 67 heavy (non-hydrogen) atoms. The third-order valence-corrected chi connectivity index (χ3v) is 12.7. The van der Waals surface area contributed by atoms with E-state index in [1.54, 1.807) is 0 Å². The molecule has 0 N–H and O–H groups in total. The van der Waals surface area contributed by atoms with Crippen LogP contribution in [0.5, 0.6) is 0 Å². The van der Waals surface area contributed by atoms with Gasteiger partial charge in [-0.2, -0.15) is 0 Å². The largest absolute Gasteiger partial charge is 0.379 e. The molecule has 0 saturated heterocycles. The average molecular weight is 941 g/mol. The van der Waals surface area contributed by atoms with Crippen molar-refractivity contribution in [1.29, 1.82) is 0 Å². The van der Waals surface area contributed by atoms with Gasteiger partial charge in [-0.05, 0) is 123 Å². The number of rotatable bonds is 56. The maximum absolute atomic E-state index is 6.43. The van der Waals surface area contributed by atoms with Crippen molar-refractivity contribution in [3.8, 4) is 0 Å². The van der Waals surface area contributed by atoms with Crippen LogP contribution in [0.3, 0.4) is 0 Å². The second-order valence-electron chi connectivity index (χ2n) is 20.0. The Morgan fingerprint density at radius 2 is 0.582 bits per heavy atom. The van der Waals surface area contributed by atoms with E-state index in [4.69, 9.17) is 18.9 Å². The number of hydrogen-bond acceptors (Lipinski definition) is 5. The van der Waals surface area contributed by atoms with Crippen LogP contribution < -0.4 is 0 Å². The minimum Gasteiger partial charge on any atom is -0.379 e. The first-order valence-corrected chi connectivity index (χ1v) is 29.4. The van der Waals surface area contributed by atoms with E-state index < -0.39 is 0 Å². The molecular weight excluding hydrogens is 823 g/mol. The Labute approximate surface area is 420 Å². The molecule has 0 rings (SSSR count). The Balaban J connectivity index is 4.43. The van der Waals surface area contributed by atoms with Crippen molar-refractivity contribution >= 4 is 0 Å². The summed E-state index contributed by atoms with van der Waals surface area (Å²) in [5.41, 5.74) is 0. The van der Waals surface area contributed by atoms with Crippen molar-refractivity contribution in [3.63, 3.8) is 0 Å². The van der Waals surface area contributed by atoms with Crippen LogP contribution in [0.25, 0.3) is 0 Å². The van der Waals surface area contributed by atoms with Gasteiger partial charge in [0, 0.05) is 26.4 Å². The third kappa shape index (κ3) is 57.0.